The molecule has 2 saturated heterocycles. The molecule has 2 aliphatic heterocycles. The first-order valence-corrected chi connectivity index (χ1v) is 6.37. The maximum Gasteiger partial charge on any atom is 0.414 e. The number of rotatable bonds is 0. The Balaban J connectivity index is 2.22. The van der Waals surface area contributed by atoms with E-state index in [1.54, 1.807) is 0 Å². The van der Waals surface area contributed by atoms with E-state index in [0.29, 0.717) is 0 Å². The molecule has 0 amide bonds. The van der Waals surface area contributed by atoms with Crippen LogP contribution in [0.5, 0.6) is 0 Å². The van der Waals surface area contributed by atoms with Gasteiger partial charge in [0.15, 0.2) is 0 Å². The van der Waals surface area contributed by atoms with Crippen LogP contribution in [0.1, 0.15) is 54.4 Å². The van der Waals surface area contributed by atoms with Gasteiger partial charge in [0, 0.05) is 12.8 Å². The second kappa shape index (κ2) is 3.92. The minimum Gasteiger partial charge on any atom is -0.300 e. The number of hydrogen-bond acceptors (Lipinski definition) is 4. The summed E-state index contributed by atoms with van der Waals surface area (Å²) in [5.41, 5.74) is -0.602. The lowest BCUT2D eigenvalue weighted by atomic mass is 9.98. The van der Waals surface area contributed by atoms with Crippen LogP contribution in [-0.4, -0.2) is 29.6 Å². The molecule has 2 heterocycles. The highest BCUT2D eigenvalue weighted by Crippen LogP contribution is 2.43. The molecule has 2 atom stereocenters. The van der Waals surface area contributed by atoms with Crippen LogP contribution in [0.15, 0.2) is 0 Å². The first kappa shape index (κ1) is 13.3. The van der Waals surface area contributed by atoms with Crippen LogP contribution in [0.25, 0.3) is 0 Å². The van der Waals surface area contributed by atoms with Crippen molar-refractivity contribution in [3.8, 4) is 0 Å². The predicted molar refractivity (Wildman–Crippen MR) is 63.4 cm³/mol. The van der Waals surface area contributed by atoms with Gasteiger partial charge < -0.3 is 9.47 Å². The normalized spacial score (nSPS) is 44.8. The molecule has 0 aromatic heterocycles. The topological polar surface area (TPSA) is 36.9 Å². The van der Waals surface area contributed by atoms with E-state index in [9.17, 15) is 0 Å². The molecule has 4 nitrogen and oxygen atoms in total. The summed E-state index contributed by atoms with van der Waals surface area (Å²) in [6, 6.07) is 0. The lowest BCUT2D eigenvalue weighted by molar-refractivity contribution is -0.581. The molecule has 0 N–H and O–H groups in total. The molecule has 100 valence electrons. The van der Waals surface area contributed by atoms with Crippen molar-refractivity contribution in [2.45, 2.75) is 84.0 Å². The Morgan fingerprint density at radius 3 is 1.41 bits per heavy atom. The lowest BCUT2D eigenvalue weighted by Gasteiger charge is -2.52. The van der Waals surface area contributed by atoms with Gasteiger partial charge in [-0.15, -0.1) is 0 Å². The first-order chi connectivity index (χ1) is 7.62. The van der Waals surface area contributed by atoms with Crippen LogP contribution < -0.4 is 0 Å². The Morgan fingerprint density at radius 2 is 1.12 bits per heavy atom. The molecule has 0 radical (unpaired) electrons. The van der Waals surface area contributed by atoms with Crippen LogP contribution in [0, 0.1) is 0 Å². The molecule has 0 bridgehead atoms. The molecule has 2 rings (SSSR count). The minimum atomic E-state index is -1.33. The summed E-state index contributed by atoms with van der Waals surface area (Å²) < 4.78 is 23.4. The van der Waals surface area contributed by atoms with Crippen molar-refractivity contribution < 1.29 is 18.9 Å². The molecule has 0 aromatic carbocycles. The third-order valence-electron chi connectivity index (χ3n) is 3.05. The van der Waals surface area contributed by atoms with Gasteiger partial charge in [0.2, 0.25) is 0 Å². The van der Waals surface area contributed by atoms with Crippen molar-refractivity contribution in [1.29, 1.82) is 0 Å². The molecule has 2 unspecified atom stereocenters. The Hall–Kier alpha value is -0.160. The standard InChI is InChI=1S/C13H24O4/c1-9-7-11(3,4)16-13(14-9)15-10(2)8-12(5,6)17-13/h9-10H,7-8H2,1-6H3. The van der Waals surface area contributed by atoms with Crippen molar-refractivity contribution in [3.63, 3.8) is 0 Å². The van der Waals surface area contributed by atoms with Crippen molar-refractivity contribution in [1.82, 2.24) is 0 Å². The van der Waals surface area contributed by atoms with Crippen LogP contribution in [0.4, 0.5) is 0 Å². The fraction of sp³-hybridized carbons (Fsp3) is 1.00. The largest absolute Gasteiger partial charge is 0.414 e. The maximum absolute atomic E-state index is 5.91. The Kier molecular flexibility index (Phi) is 3.06. The number of ether oxygens (including phenoxy) is 4. The van der Waals surface area contributed by atoms with Crippen LogP contribution in [0.3, 0.4) is 0 Å². The summed E-state index contributed by atoms with van der Waals surface area (Å²) in [5, 5.41) is 0. The van der Waals surface area contributed by atoms with Gasteiger partial charge in [-0.05, 0) is 41.5 Å². The van der Waals surface area contributed by atoms with E-state index in [0.717, 1.165) is 12.8 Å². The second-order valence-corrected chi connectivity index (χ2v) is 6.49. The molecule has 1 spiro atoms. The minimum absolute atomic E-state index is 0.0554. The van der Waals surface area contributed by atoms with Crippen molar-refractivity contribution in [3.05, 3.63) is 0 Å². The van der Waals surface area contributed by atoms with E-state index in [1.807, 2.05) is 41.5 Å². The van der Waals surface area contributed by atoms with Crippen LogP contribution in [0.2, 0.25) is 0 Å². The van der Waals surface area contributed by atoms with Gasteiger partial charge in [0.05, 0.1) is 23.4 Å². The molecule has 4 heteroatoms. The highest BCUT2D eigenvalue weighted by atomic mass is 17.0. The Morgan fingerprint density at radius 1 is 0.765 bits per heavy atom. The molecule has 0 saturated carbocycles. The molecular weight excluding hydrogens is 220 g/mol. The van der Waals surface area contributed by atoms with Crippen molar-refractivity contribution >= 4 is 0 Å². The summed E-state index contributed by atoms with van der Waals surface area (Å²) in [6.45, 7) is 12.2. The van der Waals surface area contributed by atoms with E-state index in [2.05, 4.69) is 0 Å². The second-order valence-electron chi connectivity index (χ2n) is 6.49. The summed E-state index contributed by atoms with van der Waals surface area (Å²) in [4.78, 5) is 0. The smallest absolute Gasteiger partial charge is 0.300 e. The van der Waals surface area contributed by atoms with Crippen molar-refractivity contribution in [2.75, 3.05) is 0 Å². The predicted octanol–water partition coefficient (Wildman–Crippen LogP) is 2.81. The molecular formula is C13H24O4. The first-order valence-electron chi connectivity index (χ1n) is 6.37. The van der Waals surface area contributed by atoms with Gasteiger partial charge in [0.25, 0.3) is 0 Å². The van der Waals surface area contributed by atoms with E-state index in [1.165, 1.54) is 0 Å². The molecule has 2 aliphatic rings. The number of hydrogen-bond donors (Lipinski definition) is 0. The van der Waals surface area contributed by atoms with Gasteiger partial charge in [-0.25, -0.2) is 0 Å². The highest BCUT2D eigenvalue weighted by molar-refractivity contribution is 4.84. The fourth-order valence-electron chi connectivity index (χ4n) is 2.87. The highest BCUT2D eigenvalue weighted by Gasteiger charge is 2.54. The average molecular weight is 244 g/mol. The summed E-state index contributed by atoms with van der Waals surface area (Å²) in [6.07, 6.45) is 0.439. The summed E-state index contributed by atoms with van der Waals surface area (Å²) in [5.74, 6) is 0. The van der Waals surface area contributed by atoms with E-state index >= 15 is 0 Å². The van der Waals surface area contributed by atoms with E-state index in [4.69, 9.17) is 18.9 Å². The molecule has 0 aromatic rings. The lowest BCUT2D eigenvalue weighted by Crippen LogP contribution is -2.62. The third kappa shape index (κ3) is 2.99. The molecule has 2 fully saturated rings. The Bertz CT molecular complexity index is 268. The zero-order valence-corrected chi connectivity index (χ0v) is 11.7. The molecule has 17 heavy (non-hydrogen) atoms. The van der Waals surface area contributed by atoms with Crippen LogP contribution >= 0.6 is 0 Å². The van der Waals surface area contributed by atoms with Gasteiger partial charge in [-0.3, -0.25) is 9.47 Å². The Labute approximate surface area is 104 Å². The average Bonchev–Trinajstić information content (AvgIpc) is 1.90. The summed E-state index contributed by atoms with van der Waals surface area (Å²) in [7, 11) is 0. The van der Waals surface area contributed by atoms with Gasteiger partial charge in [-0.2, -0.15) is 0 Å². The zero-order chi connectivity index (χ0) is 12.9. The van der Waals surface area contributed by atoms with E-state index in [-0.39, 0.29) is 23.4 Å². The monoisotopic (exact) mass is 244 g/mol. The SMILES string of the molecule is CC1CC(C)(C)OC2(O1)OC(C)CC(C)(C)O2. The van der Waals surface area contributed by atoms with Gasteiger partial charge in [-0.1, -0.05) is 0 Å². The quantitative estimate of drug-likeness (QED) is 0.656. The van der Waals surface area contributed by atoms with Crippen LogP contribution in [-0.2, 0) is 18.9 Å². The molecule has 0 aliphatic carbocycles. The third-order valence-corrected chi connectivity index (χ3v) is 3.05. The van der Waals surface area contributed by atoms with Crippen molar-refractivity contribution in [2.24, 2.45) is 0 Å². The van der Waals surface area contributed by atoms with Gasteiger partial charge in [0.1, 0.15) is 0 Å². The summed E-state index contributed by atoms with van der Waals surface area (Å²) >= 11 is 0. The maximum atomic E-state index is 5.91. The zero-order valence-electron chi connectivity index (χ0n) is 11.7. The van der Waals surface area contributed by atoms with E-state index < -0.39 is 6.16 Å². The van der Waals surface area contributed by atoms with Gasteiger partial charge >= 0.3 is 6.16 Å². The fourth-order valence-corrected chi connectivity index (χ4v) is 2.87.